The molecule has 0 atom stereocenters. The molecule has 29 heavy (non-hydrogen) atoms. The van der Waals surface area contributed by atoms with E-state index in [1.165, 1.54) is 21.8 Å². The number of carbonyl (C=O) groups is 1. The summed E-state index contributed by atoms with van der Waals surface area (Å²) in [6.45, 7) is -0.200. The van der Waals surface area contributed by atoms with Gasteiger partial charge in [0.1, 0.15) is 6.54 Å². The van der Waals surface area contributed by atoms with Crippen molar-refractivity contribution in [3.05, 3.63) is 52.0 Å². The topological polar surface area (TPSA) is 92.9 Å². The van der Waals surface area contributed by atoms with Crippen molar-refractivity contribution in [2.75, 3.05) is 0 Å². The van der Waals surface area contributed by atoms with E-state index in [0.29, 0.717) is 5.82 Å². The minimum Gasteiger partial charge on any atom is -0.347 e. The molecular weight excluding hydrogens is 427 g/mol. The molecule has 0 unspecified atom stereocenters. The second-order valence-corrected chi connectivity index (χ2v) is 7.29. The van der Waals surface area contributed by atoms with Crippen molar-refractivity contribution < 1.29 is 18.0 Å². The van der Waals surface area contributed by atoms with Gasteiger partial charge in [-0.1, -0.05) is 6.07 Å². The number of hydrogen-bond donors (Lipinski definition) is 2. The molecule has 4 heterocycles. The van der Waals surface area contributed by atoms with Crippen LogP contribution in [0.5, 0.6) is 0 Å². The van der Waals surface area contributed by atoms with E-state index in [4.69, 9.17) is 12.2 Å². The predicted molar refractivity (Wildman–Crippen MR) is 101 cm³/mol. The molecule has 0 spiro atoms. The molecule has 0 aromatic carbocycles. The molecule has 0 radical (unpaired) electrons. The summed E-state index contributed by atoms with van der Waals surface area (Å²) in [5.74, 6) is 0.306. The van der Waals surface area contributed by atoms with Crippen LogP contribution in [0.1, 0.15) is 11.4 Å². The second-order valence-electron chi connectivity index (χ2n) is 5.95. The molecule has 8 nitrogen and oxygen atoms in total. The fraction of sp³-hybridized carbons (Fsp3) is 0.188. The summed E-state index contributed by atoms with van der Waals surface area (Å²) in [4.78, 5) is 13.2. The first-order chi connectivity index (χ1) is 13.8. The van der Waals surface area contributed by atoms with Gasteiger partial charge < -0.3 is 5.32 Å². The first-order valence-corrected chi connectivity index (χ1v) is 9.48. The Morgan fingerprint density at radius 2 is 2.10 bits per heavy atom. The number of aromatic amines is 1. The number of thiophene rings is 1. The van der Waals surface area contributed by atoms with E-state index in [2.05, 4.69) is 25.7 Å². The number of fused-ring (bicyclic) bond motifs is 1. The maximum absolute atomic E-state index is 12.9. The number of H-pyrrole nitrogens is 1. The van der Waals surface area contributed by atoms with Gasteiger partial charge in [0, 0.05) is 6.20 Å². The summed E-state index contributed by atoms with van der Waals surface area (Å²) < 4.78 is 41.8. The number of rotatable bonds is 5. The molecule has 4 rings (SSSR count). The Bertz CT molecular complexity index is 1220. The number of amides is 1. The van der Waals surface area contributed by atoms with Crippen LogP contribution in [0.2, 0.25) is 0 Å². The van der Waals surface area contributed by atoms with Gasteiger partial charge in [-0.15, -0.1) is 21.5 Å². The number of halogens is 3. The molecule has 4 aromatic heterocycles. The van der Waals surface area contributed by atoms with Crippen LogP contribution < -0.4 is 5.32 Å². The zero-order chi connectivity index (χ0) is 20.6. The fourth-order valence-electron chi connectivity index (χ4n) is 2.66. The maximum atomic E-state index is 12.9. The lowest BCUT2D eigenvalue weighted by Gasteiger charge is -2.09. The molecule has 0 aliphatic rings. The summed E-state index contributed by atoms with van der Waals surface area (Å²) in [7, 11) is 0. The number of pyridine rings is 1. The maximum Gasteiger partial charge on any atom is 0.417 e. The van der Waals surface area contributed by atoms with Crippen molar-refractivity contribution in [3.8, 4) is 10.7 Å². The Balaban J connectivity index is 1.50. The van der Waals surface area contributed by atoms with Gasteiger partial charge in [-0.25, -0.2) is 0 Å². The number of nitrogens with one attached hydrogen (secondary N) is 2. The molecule has 0 aliphatic heterocycles. The van der Waals surface area contributed by atoms with Crippen molar-refractivity contribution in [2.45, 2.75) is 19.3 Å². The van der Waals surface area contributed by atoms with Gasteiger partial charge in [0.05, 0.1) is 17.0 Å². The van der Waals surface area contributed by atoms with Crippen molar-refractivity contribution in [1.29, 1.82) is 0 Å². The zero-order valence-electron chi connectivity index (χ0n) is 14.5. The summed E-state index contributed by atoms with van der Waals surface area (Å²) >= 11 is 6.63. The number of alkyl halides is 3. The van der Waals surface area contributed by atoms with Crippen molar-refractivity contribution in [2.24, 2.45) is 0 Å². The highest BCUT2D eigenvalue weighted by Crippen LogP contribution is 2.29. The SMILES string of the molecule is O=C(Cn1c(-c2cccs2)n[nH]c1=S)NCc1nnc2ccc(C(F)(F)F)cn12. The first kappa shape index (κ1) is 19.3. The Morgan fingerprint density at radius 1 is 1.28 bits per heavy atom. The summed E-state index contributed by atoms with van der Waals surface area (Å²) in [6.07, 6.45) is -3.59. The lowest BCUT2D eigenvalue weighted by Crippen LogP contribution is -2.28. The Morgan fingerprint density at radius 3 is 2.83 bits per heavy atom. The van der Waals surface area contributed by atoms with E-state index in [-0.39, 0.29) is 29.3 Å². The highest BCUT2D eigenvalue weighted by atomic mass is 32.1. The summed E-state index contributed by atoms with van der Waals surface area (Å²) in [5, 5.41) is 19.0. The molecule has 0 fully saturated rings. The Kier molecular flexibility index (Phi) is 4.92. The van der Waals surface area contributed by atoms with Crippen LogP contribution in [-0.4, -0.2) is 35.3 Å². The van der Waals surface area contributed by atoms with Crippen molar-refractivity contribution >= 4 is 35.1 Å². The van der Waals surface area contributed by atoms with Crippen LogP contribution in [0, 0.1) is 4.77 Å². The van der Waals surface area contributed by atoms with Gasteiger partial charge >= 0.3 is 6.18 Å². The quantitative estimate of drug-likeness (QED) is 0.467. The van der Waals surface area contributed by atoms with E-state index < -0.39 is 17.6 Å². The van der Waals surface area contributed by atoms with Gasteiger partial charge in [0.25, 0.3) is 0 Å². The van der Waals surface area contributed by atoms with Gasteiger partial charge in [-0.05, 0) is 35.8 Å². The van der Waals surface area contributed by atoms with Crippen molar-refractivity contribution in [3.63, 3.8) is 0 Å². The van der Waals surface area contributed by atoms with Gasteiger partial charge in [0.15, 0.2) is 22.1 Å². The Labute approximate surface area is 170 Å². The molecule has 4 aromatic rings. The highest BCUT2D eigenvalue weighted by Gasteiger charge is 2.31. The minimum atomic E-state index is -4.49. The lowest BCUT2D eigenvalue weighted by atomic mass is 10.3. The summed E-state index contributed by atoms with van der Waals surface area (Å²) in [5.41, 5.74) is -0.582. The standard InChI is InChI=1S/C16H12F3N7OS2/c17-16(18,19)9-3-4-11-21-22-12(25(11)7-9)6-20-13(27)8-26-14(23-24-15(26)28)10-2-1-5-29-10/h1-5,7H,6,8H2,(H,20,27)(H,24,28). The second kappa shape index (κ2) is 7.40. The first-order valence-electron chi connectivity index (χ1n) is 8.19. The number of nitrogens with zero attached hydrogens (tertiary/aromatic N) is 5. The van der Waals surface area contributed by atoms with E-state index in [1.54, 1.807) is 4.57 Å². The zero-order valence-corrected chi connectivity index (χ0v) is 16.1. The average molecular weight is 439 g/mol. The average Bonchev–Trinajstić information content (AvgIpc) is 3.40. The van der Waals surface area contributed by atoms with E-state index in [0.717, 1.165) is 17.1 Å². The third-order valence-electron chi connectivity index (χ3n) is 4.05. The van der Waals surface area contributed by atoms with Crippen LogP contribution in [0.25, 0.3) is 16.3 Å². The third kappa shape index (κ3) is 3.91. The molecular formula is C16H12F3N7OS2. The normalized spacial score (nSPS) is 11.8. The lowest BCUT2D eigenvalue weighted by molar-refractivity contribution is -0.137. The van der Waals surface area contributed by atoms with Crippen LogP contribution in [0.15, 0.2) is 35.8 Å². The third-order valence-corrected chi connectivity index (χ3v) is 5.22. The molecule has 150 valence electrons. The highest BCUT2D eigenvalue weighted by molar-refractivity contribution is 7.71. The molecule has 0 saturated heterocycles. The van der Waals surface area contributed by atoms with Crippen molar-refractivity contribution in [1.82, 2.24) is 34.7 Å². The molecule has 0 saturated carbocycles. The van der Waals surface area contributed by atoms with Crippen LogP contribution >= 0.6 is 23.6 Å². The van der Waals surface area contributed by atoms with E-state index >= 15 is 0 Å². The number of hydrogen-bond acceptors (Lipinski definition) is 6. The van der Waals surface area contributed by atoms with Gasteiger partial charge in [0.2, 0.25) is 5.91 Å². The summed E-state index contributed by atoms with van der Waals surface area (Å²) in [6, 6.07) is 5.86. The number of aromatic nitrogens is 6. The smallest absolute Gasteiger partial charge is 0.347 e. The predicted octanol–water partition coefficient (Wildman–Crippen LogP) is 3.05. The van der Waals surface area contributed by atoms with Crippen LogP contribution in [-0.2, 0) is 24.1 Å². The molecule has 0 bridgehead atoms. The fourth-order valence-corrected chi connectivity index (χ4v) is 3.58. The van der Waals surface area contributed by atoms with Crippen LogP contribution in [0.3, 0.4) is 0 Å². The molecule has 0 aliphatic carbocycles. The van der Waals surface area contributed by atoms with Gasteiger partial charge in [-0.2, -0.15) is 18.3 Å². The Hall–Kier alpha value is -3.06. The van der Waals surface area contributed by atoms with Gasteiger partial charge in [-0.3, -0.25) is 18.9 Å². The number of carbonyl (C=O) groups excluding carboxylic acids is 1. The molecule has 2 N–H and O–H groups in total. The van der Waals surface area contributed by atoms with Crippen LogP contribution in [0.4, 0.5) is 13.2 Å². The molecule has 1 amide bonds. The molecule has 13 heteroatoms. The minimum absolute atomic E-state index is 0.0964. The monoisotopic (exact) mass is 439 g/mol. The van der Waals surface area contributed by atoms with E-state index in [1.807, 2.05) is 17.5 Å². The van der Waals surface area contributed by atoms with E-state index in [9.17, 15) is 18.0 Å². The largest absolute Gasteiger partial charge is 0.417 e.